The fourth-order valence-electron chi connectivity index (χ4n) is 6.32. The van der Waals surface area contributed by atoms with Crippen LogP contribution in [0.15, 0.2) is 59.6 Å². The third-order valence-corrected chi connectivity index (χ3v) is 8.65. The molecule has 1 aliphatic rings. The van der Waals surface area contributed by atoms with Crippen LogP contribution in [-0.4, -0.2) is 12.4 Å². The summed E-state index contributed by atoms with van der Waals surface area (Å²) in [4.78, 5) is 7.95. The van der Waals surface area contributed by atoms with Crippen molar-refractivity contribution in [2.24, 2.45) is 10.4 Å². The van der Waals surface area contributed by atoms with Gasteiger partial charge in [-0.1, -0.05) is 185 Å². The summed E-state index contributed by atoms with van der Waals surface area (Å²) in [6.45, 7) is 10.4. The second kappa shape index (κ2) is 19.2. The zero-order valence-electron chi connectivity index (χ0n) is 27.3. The van der Waals surface area contributed by atoms with Gasteiger partial charge in [-0.2, -0.15) is 0 Å². The molecule has 0 saturated carbocycles. The summed E-state index contributed by atoms with van der Waals surface area (Å²) in [5, 5.41) is 0. The van der Waals surface area contributed by atoms with Crippen LogP contribution in [0.25, 0.3) is 0 Å². The molecule has 0 N–H and O–H groups in total. The summed E-state index contributed by atoms with van der Waals surface area (Å²) < 4.78 is 0. The molecule has 228 valence electrons. The van der Waals surface area contributed by atoms with E-state index >= 15 is 0 Å². The molecule has 1 atom stereocenters. The summed E-state index contributed by atoms with van der Waals surface area (Å²) >= 11 is 0. The Balaban J connectivity index is 1.33. The van der Waals surface area contributed by atoms with Crippen molar-refractivity contribution in [3.63, 3.8) is 0 Å². The molecule has 41 heavy (non-hydrogen) atoms. The van der Waals surface area contributed by atoms with Crippen molar-refractivity contribution in [2.45, 2.75) is 156 Å². The lowest BCUT2D eigenvalue weighted by molar-refractivity contribution is 0.429. The molecule has 2 aromatic carbocycles. The minimum absolute atomic E-state index is 0.0984. The summed E-state index contributed by atoms with van der Waals surface area (Å²) in [6, 6.07) is 19.9. The Hall–Kier alpha value is -2.09. The number of rotatable bonds is 21. The lowest BCUT2D eigenvalue weighted by atomic mass is 9.88. The number of amidine groups is 1. The molecule has 0 aromatic heterocycles. The second-order valence-corrected chi connectivity index (χ2v) is 13.8. The fraction of sp³-hybridized carbons (Fsp3) is 0.667. The van der Waals surface area contributed by atoms with Crippen molar-refractivity contribution < 1.29 is 0 Å². The Morgan fingerprint density at radius 2 is 1.05 bits per heavy atom. The van der Waals surface area contributed by atoms with Crippen LogP contribution in [0.4, 0.5) is 5.69 Å². The summed E-state index contributed by atoms with van der Waals surface area (Å²) in [5.41, 5.74) is 4.21. The molecule has 0 radical (unpaired) electrons. The van der Waals surface area contributed by atoms with Crippen LogP contribution >= 0.6 is 0 Å². The molecule has 0 spiro atoms. The Morgan fingerprint density at radius 1 is 0.585 bits per heavy atom. The number of unbranched alkanes of at least 4 members (excludes halogenated alkanes) is 17. The van der Waals surface area contributed by atoms with Gasteiger partial charge in [0.1, 0.15) is 11.9 Å². The first-order valence-corrected chi connectivity index (χ1v) is 17.5. The number of aliphatic imine (C=N–C) groups is 1. The van der Waals surface area contributed by atoms with Gasteiger partial charge in [0.05, 0.1) is 0 Å². The largest absolute Gasteiger partial charge is 0.330 e. The maximum Gasteiger partial charge on any atom is 0.105 e. The first kappa shape index (κ1) is 33.4. The molecule has 0 bridgehead atoms. The number of fused-ring (bicyclic) bond motifs is 1. The van der Waals surface area contributed by atoms with Gasteiger partial charge in [-0.15, -0.1) is 0 Å². The monoisotopic (exact) mass is 558 g/mol. The average molecular weight is 559 g/mol. The topological polar surface area (TPSA) is 15.6 Å². The molecule has 0 fully saturated rings. The van der Waals surface area contributed by atoms with Gasteiger partial charge in [0, 0.05) is 24.2 Å². The fourth-order valence-corrected chi connectivity index (χ4v) is 6.32. The molecular weight excluding hydrogens is 496 g/mol. The zero-order chi connectivity index (χ0) is 29.2. The molecule has 0 aliphatic carbocycles. The number of nitrogens with zero attached hydrogens (tertiary/aromatic N) is 2. The standard InChI is InChI=1S/C39H62N2/c1-5-6-7-8-9-10-11-12-13-14-15-16-17-18-19-20-21-27-32-41-36-31-26-25-30-35(36)38(34-28-23-22-24-29-34)40-37(41)33-39(2,3)4/h22-26,28-31,38H,5-21,27,32-33H2,1-4H3/t38-/m1/s1. The molecular formula is C39H62N2. The van der Waals surface area contributed by atoms with Gasteiger partial charge >= 0.3 is 0 Å². The van der Waals surface area contributed by atoms with Crippen LogP contribution in [0.1, 0.15) is 167 Å². The first-order chi connectivity index (χ1) is 20.0. The van der Waals surface area contributed by atoms with E-state index in [0.29, 0.717) is 0 Å². The van der Waals surface area contributed by atoms with E-state index in [1.165, 1.54) is 138 Å². The predicted octanol–water partition coefficient (Wildman–Crippen LogP) is 12.5. The Morgan fingerprint density at radius 3 is 1.56 bits per heavy atom. The normalized spacial score (nSPS) is 15.2. The SMILES string of the molecule is CCCCCCCCCCCCCCCCCCCCN1C(CC(C)(C)C)=N[C@H](c2ccccc2)c2ccccc21. The number of benzene rings is 2. The lowest BCUT2D eigenvalue weighted by Crippen LogP contribution is -2.38. The van der Waals surface area contributed by atoms with E-state index < -0.39 is 0 Å². The number of hydrogen-bond acceptors (Lipinski definition) is 2. The maximum atomic E-state index is 5.40. The van der Waals surface area contributed by atoms with Gasteiger partial charge in [0.2, 0.25) is 0 Å². The van der Waals surface area contributed by atoms with Gasteiger partial charge in [-0.25, -0.2) is 0 Å². The summed E-state index contributed by atoms with van der Waals surface area (Å²) in [6.07, 6.45) is 26.5. The molecule has 1 aliphatic heterocycles. The van der Waals surface area contributed by atoms with E-state index in [1.54, 1.807) is 0 Å². The first-order valence-electron chi connectivity index (χ1n) is 17.5. The third kappa shape index (κ3) is 12.8. The second-order valence-electron chi connectivity index (χ2n) is 13.8. The molecule has 0 saturated heterocycles. The summed E-state index contributed by atoms with van der Waals surface area (Å²) in [7, 11) is 0. The Kier molecular flexibility index (Phi) is 15.6. The van der Waals surface area contributed by atoms with E-state index in [9.17, 15) is 0 Å². The van der Waals surface area contributed by atoms with Crippen LogP contribution in [-0.2, 0) is 0 Å². The van der Waals surface area contributed by atoms with Gasteiger partial charge in [-0.05, 0) is 23.5 Å². The van der Waals surface area contributed by atoms with Gasteiger partial charge in [0.25, 0.3) is 0 Å². The van der Waals surface area contributed by atoms with Crippen LogP contribution in [0, 0.1) is 5.41 Å². The van der Waals surface area contributed by atoms with Crippen molar-refractivity contribution >= 4 is 11.5 Å². The minimum atomic E-state index is 0.0984. The molecule has 2 heteroatoms. The molecule has 1 heterocycles. The lowest BCUT2D eigenvalue weighted by Gasteiger charge is -2.37. The number of anilines is 1. The van der Waals surface area contributed by atoms with Gasteiger partial charge in [0.15, 0.2) is 0 Å². The molecule has 3 rings (SSSR count). The van der Waals surface area contributed by atoms with Crippen molar-refractivity contribution in [1.29, 1.82) is 0 Å². The predicted molar refractivity (Wildman–Crippen MR) is 182 cm³/mol. The van der Waals surface area contributed by atoms with Crippen molar-refractivity contribution in [3.05, 3.63) is 65.7 Å². The molecule has 0 amide bonds. The van der Waals surface area contributed by atoms with Crippen LogP contribution in [0.2, 0.25) is 0 Å². The van der Waals surface area contributed by atoms with E-state index in [4.69, 9.17) is 4.99 Å². The quantitative estimate of drug-likeness (QED) is 0.139. The Labute approximate surface area is 254 Å². The highest BCUT2D eigenvalue weighted by Crippen LogP contribution is 2.39. The van der Waals surface area contributed by atoms with E-state index in [0.717, 1.165) is 13.0 Å². The van der Waals surface area contributed by atoms with Crippen molar-refractivity contribution in [2.75, 3.05) is 11.4 Å². The zero-order valence-corrected chi connectivity index (χ0v) is 27.3. The average Bonchev–Trinajstić information content (AvgIpc) is 2.96. The maximum absolute atomic E-state index is 5.40. The smallest absolute Gasteiger partial charge is 0.105 e. The van der Waals surface area contributed by atoms with Crippen molar-refractivity contribution in [3.8, 4) is 0 Å². The highest BCUT2D eigenvalue weighted by Gasteiger charge is 2.30. The van der Waals surface area contributed by atoms with Crippen molar-refractivity contribution in [1.82, 2.24) is 0 Å². The number of para-hydroxylation sites is 1. The van der Waals surface area contributed by atoms with Crippen LogP contribution in [0.5, 0.6) is 0 Å². The Bertz CT molecular complexity index is 971. The highest BCUT2D eigenvalue weighted by molar-refractivity contribution is 6.00. The van der Waals surface area contributed by atoms with Crippen LogP contribution in [0.3, 0.4) is 0 Å². The third-order valence-electron chi connectivity index (χ3n) is 8.65. The van der Waals surface area contributed by atoms with Gasteiger partial charge < -0.3 is 4.90 Å². The molecule has 2 nitrogen and oxygen atoms in total. The summed E-state index contributed by atoms with van der Waals surface area (Å²) in [5.74, 6) is 1.26. The van der Waals surface area contributed by atoms with E-state index in [2.05, 4.69) is 87.2 Å². The van der Waals surface area contributed by atoms with Crippen LogP contribution < -0.4 is 4.90 Å². The minimum Gasteiger partial charge on any atom is -0.330 e. The van der Waals surface area contributed by atoms with E-state index in [-0.39, 0.29) is 11.5 Å². The molecule has 0 unspecified atom stereocenters. The molecule has 2 aromatic rings. The highest BCUT2D eigenvalue weighted by atomic mass is 15.2. The number of hydrogen-bond donors (Lipinski definition) is 0. The van der Waals surface area contributed by atoms with Gasteiger partial charge in [-0.3, -0.25) is 4.99 Å². The van der Waals surface area contributed by atoms with E-state index in [1.807, 2.05) is 0 Å².